The molecule has 1 aromatic rings. The number of aromatic carboxylic acids is 1. The van der Waals surface area contributed by atoms with Gasteiger partial charge in [-0.1, -0.05) is 23.2 Å². The zero-order chi connectivity index (χ0) is 11.8. The molecule has 1 aromatic carbocycles. The van der Waals surface area contributed by atoms with Crippen molar-refractivity contribution < 1.29 is 22.9 Å². The second kappa shape index (κ2) is 3.97. The summed E-state index contributed by atoms with van der Waals surface area (Å²) in [6.45, 7) is 0. The highest BCUT2D eigenvalue weighted by molar-refractivity contribution is 7.86. The molecule has 0 aliphatic heterocycles. The molecular weight excluding hydrogens is 267 g/mol. The Balaban J connectivity index is 3.70. The molecule has 0 aliphatic carbocycles. The van der Waals surface area contributed by atoms with Gasteiger partial charge in [0.15, 0.2) is 0 Å². The maximum absolute atomic E-state index is 10.8. The third-order valence-electron chi connectivity index (χ3n) is 1.51. The fourth-order valence-corrected chi connectivity index (χ4v) is 2.39. The van der Waals surface area contributed by atoms with Gasteiger partial charge in [-0.3, -0.25) is 4.55 Å². The first-order valence-corrected chi connectivity index (χ1v) is 5.63. The molecule has 0 bridgehead atoms. The topological polar surface area (TPSA) is 91.7 Å². The van der Waals surface area contributed by atoms with Gasteiger partial charge < -0.3 is 5.11 Å². The monoisotopic (exact) mass is 270 g/mol. The van der Waals surface area contributed by atoms with Crippen LogP contribution in [0.25, 0.3) is 0 Å². The third-order valence-corrected chi connectivity index (χ3v) is 2.90. The van der Waals surface area contributed by atoms with Gasteiger partial charge >= 0.3 is 5.97 Å². The molecule has 82 valence electrons. The molecule has 2 N–H and O–H groups in total. The lowest BCUT2D eigenvalue weighted by Crippen LogP contribution is -2.08. The van der Waals surface area contributed by atoms with Crippen LogP contribution in [-0.2, 0) is 10.1 Å². The van der Waals surface area contributed by atoms with Gasteiger partial charge in [0.25, 0.3) is 10.1 Å². The first-order chi connectivity index (χ1) is 6.73. The Kier molecular flexibility index (Phi) is 3.25. The molecule has 0 amide bonds. The molecule has 0 radical (unpaired) electrons. The summed E-state index contributed by atoms with van der Waals surface area (Å²) in [5, 5.41) is 8.25. The molecule has 0 aliphatic rings. The predicted octanol–water partition coefficient (Wildman–Crippen LogP) is 1.94. The summed E-state index contributed by atoms with van der Waals surface area (Å²) in [5.41, 5.74) is -0.705. The molecule has 0 saturated heterocycles. The van der Waals surface area contributed by atoms with Crippen molar-refractivity contribution in [1.29, 1.82) is 0 Å². The molecule has 0 heterocycles. The minimum atomic E-state index is -4.67. The van der Waals surface area contributed by atoms with E-state index in [4.69, 9.17) is 32.9 Å². The van der Waals surface area contributed by atoms with E-state index in [9.17, 15) is 13.2 Å². The van der Waals surface area contributed by atoms with Crippen LogP contribution in [0.1, 0.15) is 10.4 Å². The van der Waals surface area contributed by atoms with Gasteiger partial charge in [0.1, 0.15) is 4.90 Å². The summed E-state index contributed by atoms with van der Waals surface area (Å²) in [7, 11) is -4.67. The number of carboxylic acid groups (broad SMARTS) is 1. The molecule has 0 atom stereocenters. The van der Waals surface area contributed by atoms with Crippen molar-refractivity contribution in [2.45, 2.75) is 4.90 Å². The zero-order valence-corrected chi connectivity index (χ0v) is 9.27. The quantitative estimate of drug-likeness (QED) is 0.802. The molecule has 0 unspecified atom stereocenters. The van der Waals surface area contributed by atoms with Gasteiger partial charge in [0.05, 0.1) is 10.6 Å². The number of carbonyl (C=O) groups is 1. The number of hydrogen-bond donors (Lipinski definition) is 2. The molecular formula is C7H4Cl2O5S. The number of benzene rings is 1. The van der Waals surface area contributed by atoms with Gasteiger partial charge in [0.2, 0.25) is 0 Å². The molecule has 0 fully saturated rings. The Hall–Kier alpha value is -0.820. The van der Waals surface area contributed by atoms with Crippen LogP contribution in [0.2, 0.25) is 10.0 Å². The molecule has 0 spiro atoms. The van der Waals surface area contributed by atoms with Crippen molar-refractivity contribution in [1.82, 2.24) is 0 Å². The lowest BCUT2D eigenvalue weighted by atomic mass is 10.2. The van der Waals surface area contributed by atoms with Crippen LogP contribution >= 0.6 is 23.2 Å². The van der Waals surface area contributed by atoms with Gasteiger partial charge in [-0.15, -0.1) is 0 Å². The minimum absolute atomic E-state index is 0.0855. The molecule has 0 saturated carbocycles. The Morgan fingerprint density at radius 2 is 1.80 bits per heavy atom. The Morgan fingerprint density at radius 1 is 1.27 bits per heavy atom. The highest BCUT2D eigenvalue weighted by Crippen LogP contribution is 2.28. The highest BCUT2D eigenvalue weighted by atomic mass is 35.5. The van der Waals surface area contributed by atoms with Crippen LogP contribution in [0.5, 0.6) is 0 Å². The van der Waals surface area contributed by atoms with E-state index >= 15 is 0 Å². The van der Waals surface area contributed by atoms with Crippen LogP contribution in [0.15, 0.2) is 17.0 Å². The molecule has 0 aromatic heterocycles. The summed E-state index contributed by atoms with van der Waals surface area (Å²) in [6.07, 6.45) is 0. The molecule has 1 rings (SSSR count). The summed E-state index contributed by atoms with van der Waals surface area (Å²) in [5.74, 6) is -1.57. The average Bonchev–Trinajstić information content (AvgIpc) is 1.99. The minimum Gasteiger partial charge on any atom is -0.478 e. The smallest absolute Gasteiger partial charge is 0.338 e. The van der Waals surface area contributed by atoms with E-state index in [-0.39, 0.29) is 10.0 Å². The van der Waals surface area contributed by atoms with E-state index in [0.29, 0.717) is 0 Å². The maximum atomic E-state index is 10.8. The normalized spacial score (nSPS) is 11.4. The summed E-state index contributed by atoms with van der Waals surface area (Å²) in [6, 6.07) is 1.88. The predicted molar refractivity (Wildman–Crippen MR) is 53.2 cm³/mol. The van der Waals surface area contributed by atoms with Crippen molar-refractivity contribution in [2.75, 3.05) is 0 Å². The van der Waals surface area contributed by atoms with E-state index in [1.807, 2.05) is 0 Å². The number of carboxylic acids is 1. The van der Waals surface area contributed by atoms with E-state index < -0.39 is 26.5 Å². The van der Waals surface area contributed by atoms with Gasteiger partial charge in [0, 0.05) is 5.02 Å². The van der Waals surface area contributed by atoms with Crippen molar-refractivity contribution in [3.05, 3.63) is 27.7 Å². The molecule has 8 heteroatoms. The fourth-order valence-electron chi connectivity index (χ4n) is 0.961. The van der Waals surface area contributed by atoms with Crippen LogP contribution < -0.4 is 0 Å². The van der Waals surface area contributed by atoms with Crippen molar-refractivity contribution >= 4 is 39.3 Å². The summed E-state index contributed by atoms with van der Waals surface area (Å²) < 4.78 is 30.4. The largest absolute Gasteiger partial charge is 0.478 e. The number of halogens is 2. The third kappa shape index (κ3) is 2.60. The van der Waals surface area contributed by atoms with Crippen LogP contribution in [0.3, 0.4) is 0 Å². The lowest BCUT2D eigenvalue weighted by Gasteiger charge is -2.05. The van der Waals surface area contributed by atoms with Gasteiger partial charge in [-0.2, -0.15) is 8.42 Å². The Bertz CT molecular complexity index is 522. The van der Waals surface area contributed by atoms with Crippen LogP contribution in [0, 0.1) is 0 Å². The summed E-state index contributed by atoms with van der Waals surface area (Å²) >= 11 is 11.0. The van der Waals surface area contributed by atoms with E-state index in [1.165, 1.54) is 0 Å². The van der Waals surface area contributed by atoms with Gasteiger partial charge in [-0.05, 0) is 12.1 Å². The Morgan fingerprint density at radius 3 is 2.20 bits per heavy atom. The van der Waals surface area contributed by atoms with Gasteiger partial charge in [-0.25, -0.2) is 4.79 Å². The molecule has 5 nitrogen and oxygen atoms in total. The average molecular weight is 271 g/mol. The Labute approximate surface area is 95.0 Å². The fraction of sp³-hybridized carbons (Fsp3) is 0. The molecule has 15 heavy (non-hydrogen) atoms. The standard InChI is InChI=1S/C7H4Cl2O5S/c8-3-1-4(9)6(7(10)11)5(2-3)15(12,13)14/h1-2H,(H,10,11)(H,12,13,14). The number of hydrogen-bond acceptors (Lipinski definition) is 3. The zero-order valence-electron chi connectivity index (χ0n) is 6.94. The number of rotatable bonds is 2. The van der Waals surface area contributed by atoms with E-state index in [1.54, 1.807) is 0 Å². The first kappa shape index (κ1) is 12.3. The van der Waals surface area contributed by atoms with E-state index in [2.05, 4.69) is 0 Å². The highest BCUT2D eigenvalue weighted by Gasteiger charge is 2.23. The van der Waals surface area contributed by atoms with Crippen LogP contribution in [0.4, 0.5) is 0 Å². The van der Waals surface area contributed by atoms with Crippen molar-refractivity contribution in [2.24, 2.45) is 0 Å². The van der Waals surface area contributed by atoms with Crippen molar-refractivity contribution in [3.8, 4) is 0 Å². The summed E-state index contributed by atoms with van der Waals surface area (Å²) in [4.78, 5) is 9.87. The van der Waals surface area contributed by atoms with Crippen LogP contribution in [-0.4, -0.2) is 24.0 Å². The SMILES string of the molecule is O=C(O)c1c(Cl)cc(Cl)cc1S(=O)(=O)O. The second-order valence-electron chi connectivity index (χ2n) is 2.54. The first-order valence-electron chi connectivity index (χ1n) is 3.43. The maximum Gasteiger partial charge on any atom is 0.338 e. The van der Waals surface area contributed by atoms with E-state index in [0.717, 1.165) is 12.1 Å². The second-order valence-corrected chi connectivity index (χ2v) is 4.77. The lowest BCUT2D eigenvalue weighted by molar-refractivity contribution is 0.0692. The van der Waals surface area contributed by atoms with Crippen molar-refractivity contribution in [3.63, 3.8) is 0 Å².